The Morgan fingerprint density at radius 1 is 1.62 bits per heavy atom. The molecule has 1 saturated heterocycles. The Kier molecular flexibility index (Phi) is 2.98. The Labute approximate surface area is 83.4 Å². The fourth-order valence-corrected chi connectivity index (χ4v) is 2.49. The SMILES string of the molecule is N[C@H]1CCN(CCc2cccs2)C1. The van der Waals surface area contributed by atoms with Crippen LogP contribution in [0.5, 0.6) is 0 Å². The van der Waals surface area contributed by atoms with Crippen LogP contribution in [0.1, 0.15) is 11.3 Å². The van der Waals surface area contributed by atoms with Gasteiger partial charge in [-0.25, -0.2) is 0 Å². The maximum absolute atomic E-state index is 5.84. The van der Waals surface area contributed by atoms with Crippen LogP contribution in [-0.2, 0) is 6.42 Å². The molecule has 1 aromatic heterocycles. The average molecular weight is 196 g/mol. The van der Waals surface area contributed by atoms with Crippen LogP contribution >= 0.6 is 11.3 Å². The van der Waals surface area contributed by atoms with Gasteiger partial charge in [0.25, 0.3) is 0 Å². The van der Waals surface area contributed by atoms with Crippen molar-refractivity contribution in [2.75, 3.05) is 19.6 Å². The summed E-state index contributed by atoms with van der Waals surface area (Å²) in [6.07, 6.45) is 2.36. The molecule has 3 heteroatoms. The van der Waals surface area contributed by atoms with E-state index in [1.807, 2.05) is 11.3 Å². The first-order valence-electron chi connectivity index (χ1n) is 4.85. The van der Waals surface area contributed by atoms with Gasteiger partial charge in [-0.2, -0.15) is 0 Å². The number of nitrogens with two attached hydrogens (primary N) is 1. The van der Waals surface area contributed by atoms with E-state index in [4.69, 9.17) is 5.73 Å². The van der Waals surface area contributed by atoms with Crippen molar-refractivity contribution in [2.45, 2.75) is 18.9 Å². The second-order valence-corrected chi connectivity index (χ2v) is 4.71. The summed E-state index contributed by atoms with van der Waals surface area (Å²) in [4.78, 5) is 3.95. The fourth-order valence-electron chi connectivity index (χ4n) is 1.79. The molecule has 13 heavy (non-hydrogen) atoms. The van der Waals surface area contributed by atoms with Crippen LogP contribution in [0.4, 0.5) is 0 Å². The topological polar surface area (TPSA) is 29.3 Å². The van der Waals surface area contributed by atoms with Gasteiger partial charge in [0, 0.05) is 24.0 Å². The summed E-state index contributed by atoms with van der Waals surface area (Å²) in [5.74, 6) is 0. The number of thiophene rings is 1. The highest BCUT2D eigenvalue weighted by Gasteiger charge is 2.18. The quantitative estimate of drug-likeness (QED) is 0.790. The van der Waals surface area contributed by atoms with Crippen molar-refractivity contribution in [3.8, 4) is 0 Å². The summed E-state index contributed by atoms with van der Waals surface area (Å²) < 4.78 is 0. The van der Waals surface area contributed by atoms with Crippen LogP contribution in [0, 0.1) is 0 Å². The number of hydrogen-bond donors (Lipinski definition) is 1. The Bertz CT molecular complexity index is 245. The van der Waals surface area contributed by atoms with Gasteiger partial charge in [-0.1, -0.05) is 6.07 Å². The van der Waals surface area contributed by atoms with Gasteiger partial charge >= 0.3 is 0 Å². The summed E-state index contributed by atoms with van der Waals surface area (Å²) in [6, 6.07) is 4.75. The molecule has 2 heterocycles. The average Bonchev–Trinajstić information content (AvgIpc) is 2.71. The molecule has 2 rings (SSSR count). The Morgan fingerprint density at radius 3 is 3.15 bits per heavy atom. The largest absolute Gasteiger partial charge is 0.326 e. The molecule has 72 valence electrons. The molecule has 1 fully saturated rings. The summed E-state index contributed by atoms with van der Waals surface area (Å²) in [6.45, 7) is 3.45. The molecule has 2 nitrogen and oxygen atoms in total. The van der Waals surface area contributed by atoms with E-state index in [-0.39, 0.29) is 0 Å². The van der Waals surface area contributed by atoms with Crippen LogP contribution in [0.2, 0.25) is 0 Å². The van der Waals surface area contributed by atoms with Gasteiger partial charge in [0.15, 0.2) is 0 Å². The number of nitrogens with zero attached hydrogens (tertiary/aromatic N) is 1. The Balaban J connectivity index is 1.74. The molecule has 0 spiro atoms. The molecule has 1 aliphatic heterocycles. The zero-order chi connectivity index (χ0) is 9.10. The van der Waals surface area contributed by atoms with Crippen molar-refractivity contribution in [1.82, 2.24) is 4.90 Å². The predicted molar refractivity (Wildman–Crippen MR) is 57.1 cm³/mol. The van der Waals surface area contributed by atoms with Gasteiger partial charge in [0.1, 0.15) is 0 Å². The lowest BCUT2D eigenvalue weighted by Gasteiger charge is -2.13. The van der Waals surface area contributed by atoms with Crippen LogP contribution in [0.25, 0.3) is 0 Å². The van der Waals surface area contributed by atoms with E-state index in [0.29, 0.717) is 6.04 Å². The number of rotatable bonds is 3. The highest BCUT2D eigenvalue weighted by molar-refractivity contribution is 7.09. The normalized spacial score (nSPS) is 23.9. The zero-order valence-electron chi connectivity index (χ0n) is 7.78. The third kappa shape index (κ3) is 2.53. The van der Waals surface area contributed by atoms with Gasteiger partial charge in [0.2, 0.25) is 0 Å². The first-order chi connectivity index (χ1) is 6.34. The van der Waals surface area contributed by atoms with Gasteiger partial charge < -0.3 is 10.6 Å². The monoisotopic (exact) mass is 196 g/mol. The molecule has 0 amide bonds. The zero-order valence-corrected chi connectivity index (χ0v) is 8.59. The van der Waals surface area contributed by atoms with Gasteiger partial charge in [-0.15, -0.1) is 11.3 Å². The van der Waals surface area contributed by atoms with Crippen molar-refractivity contribution in [3.63, 3.8) is 0 Å². The van der Waals surface area contributed by atoms with Crippen molar-refractivity contribution < 1.29 is 0 Å². The van der Waals surface area contributed by atoms with Crippen molar-refractivity contribution in [3.05, 3.63) is 22.4 Å². The van der Waals surface area contributed by atoms with E-state index in [1.54, 1.807) is 0 Å². The third-order valence-corrected chi connectivity index (χ3v) is 3.50. The van der Waals surface area contributed by atoms with Crippen LogP contribution in [-0.4, -0.2) is 30.6 Å². The Morgan fingerprint density at radius 2 is 2.54 bits per heavy atom. The molecule has 1 atom stereocenters. The minimum Gasteiger partial charge on any atom is -0.326 e. The number of likely N-dealkylation sites (tertiary alicyclic amines) is 1. The van der Waals surface area contributed by atoms with Gasteiger partial charge in [-0.05, 0) is 30.8 Å². The minimum absolute atomic E-state index is 0.420. The predicted octanol–water partition coefficient (Wildman–Crippen LogP) is 1.32. The second-order valence-electron chi connectivity index (χ2n) is 3.68. The molecule has 0 unspecified atom stereocenters. The molecule has 1 aromatic rings. The highest BCUT2D eigenvalue weighted by atomic mass is 32.1. The smallest absolute Gasteiger partial charge is 0.0180 e. The van der Waals surface area contributed by atoms with Crippen molar-refractivity contribution in [1.29, 1.82) is 0 Å². The maximum Gasteiger partial charge on any atom is 0.0180 e. The van der Waals surface area contributed by atoms with Crippen LogP contribution in [0.3, 0.4) is 0 Å². The van der Waals surface area contributed by atoms with Gasteiger partial charge in [0.05, 0.1) is 0 Å². The molecule has 1 aliphatic rings. The Hall–Kier alpha value is -0.380. The van der Waals surface area contributed by atoms with E-state index >= 15 is 0 Å². The molecule has 0 bridgehead atoms. The molecule has 2 N–H and O–H groups in total. The molecule has 0 radical (unpaired) electrons. The molecule has 0 aliphatic carbocycles. The van der Waals surface area contributed by atoms with E-state index in [1.165, 1.54) is 30.8 Å². The molecular weight excluding hydrogens is 180 g/mol. The first-order valence-corrected chi connectivity index (χ1v) is 5.73. The second kappa shape index (κ2) is 4.22. The van der Waals surface area contributed by atoms with Crippen LogP contribution < -0.4 is 5.73 Å². The lowest BCUT2D eigenvalue weighted by molar-refractivity contribution is 0.340. The van der Waals surface area contributed by atoms with Crippen molar-refractivity contribution >= 4 is 11.3 Å². The van der Waals surface area contributed by atoms with Crippen LogP contribution in [0.15, 0.2) is 17.5 Å². The standard InChI is InChI=1S/C10H16N2S/c11-9-3-5-12(8-9)6-4-10-2-1-7-13-10/h1-2,7,9H,3-6,8,11H2/t9-/m0/s1. The number of hydrogen-bond acceptors (Lipinski definition) is 3. The van der Waals surface area contributed by atoms with E-state index in [9.17, 15) is 0 Å². The lowest BCUT2D eigenvalue weighted by atomic mass is 10.3. The summed E-state index contributed by atoms with van der Waals surface area (Å²) in [5, 5.41) is 2.14. The molecule has 0 saturated carbocycles. The molecule has 0 aromatic carbocycles. The minimum atomic E-state index is 0.420. The summed E-state index contributed by atoms with van der Waals surface area (Å²) in [5.41, 5.74) is 5.84. The first kappa shape index (κ1) is 9.19. The molecular formula is C10H16N2S. The van der Waals surface area contributed by atoms with Gasteiger partial charge in [-0.3, -0.25) is 0 Å². The highest BCUT2D eigenvalue weighted by Crippen LogP contribution is 2.12. The van der Waals surface area contributed by atoms with E-state index in [0.717, 1.165) is 6.54 Å². The maximum atomic E-state index is 5.84. The lowest BCUT2D eigenvalue weighted by Crippen LogP contribution is -2.28. The van der Waals surface area contributed by atoms with Crippen molar-refractivity contribution in [2.24, 2.45) is 5.73 Å². The fraction of sp³-hybridized carbons (Fsp3) is 0.600. The summed E-state index contributed by atoms with van der Waals surface area (Å²) in [7, 11) is 0. The van der Waals surface area contributed by atoms with E-state index < -0.39 is 0 Å². The van der Waals surface area contributed by atoms with E-state index in [2.05, 4.69) is 22.4 Å². The summed E-state index contributed by atoms with van der Waals surface area (Å²) >= 11 is 1.85. The third-order valence-electron chi connectivity index (χ3n) is 2.56.